The minimum absolute atomic E-state index is 0. The largest absolute Gasteiger partial charge is 4.00 e. The van der Waals surface area contributed by atoms with Gasteiger partial charge in [0, 0.05) is 16.1 Å². The van der Waals surface area contributed by atoms with Gasteiger partial charge in [0.25, 0.3) is 0 Å². The average molecular weight is 549 g/mol. The van der Waals surface area contributed by atoms with E-state index in [0.717, 1.165) is 12.8 Å². The van der Waals surface area contributed by atoms with E-state index in [-0.39, 0.29) is 51.0 Å². The van der Waals surface area contributed by atoms with Crippen molar-refractivity contribution < 1.29 is 51.0 Å². The fraction of sp³-hybridized carbons (Fsp3) is 0.667. The zero-order valence-electron chi connectivity index (χ0n) is 20.8. The average Bonchev–Trinajstić information content (AvgIpc) is 3.06. The summed E-state index contributed by atoms with van der Waals surface area (Å²) >= 11 is 0. The molecular formula is C24H42Cl2Si2Zr. The van der Waals surface area contributed by atoms with Crippen molar-refractivity contribution >= 4 is 16.1 Å². The van der Waals surface area contributed by atoms with E-state index in [9.17, 15) is 0 Å². The molecule has 0 amide bonds. The third-order valence-electron chi connectivity index (χ3n) is 4.82. The van der Waals surface area contributed by atoms with Gasteiger partial charge in [-0.25, -0.2) is 10.4 Å². The molecule has 2 rings (SSSR count). The van der Waals surface area contributed by atoms with E-state index in [2.05, 4.69) is 105 Å². The van der Waals surface area contributed by atoms with E-state index >= 15 is 0 Å². The predicted octanol–water partition coefficient (Wildman–Crippen LogP) is 1.94. The van der Waals surface area contributed by atoms with Gasteiger partial charge in [0.2, 0.25) is 0 Å². The summed E-state index contributed by atoms with van der Waals surface area (Å²) in [5.74, 6) is 0. The van der Waals surface area contributed by atoms with Gasteiger partial charge in [0.15, 0.2) is 0 Å². The first kappa shape index (κ1) is 34.5. The molecular weight excluding hydrogens is 507 g/mol. The van der Waals surface area contributed by atoms with Crippen LogP contribution in [0.4, 0.5) is 0 Å². The topological polar surface area (TPSA) is 0 Å². The summed E-state index contributed by atoms with van der Waals surface area (Å²) in [4.78, 5) is 0. The zero-order chi connectivity index (χ0) is 20.6. The van der Waals surface area contributed by atoms with Crippen LogP contribution in [0.2, 0.25) is 39.3 Å². The molecule has 0 saturated carbocycles. The van der Waals surface area contributed by atoms with Crippen LogP contribution in [-0.4, -0.2) is 16.1 Å². The summed E-state index contributed by atoms with van der Waals surface area (Å²) in [6.07, 6.45) is 13.9. The molecule has 0 aliphatic heterocycles. The zero-order valence-corrected chi connectivity index (χ0v) is 26.8. The first-order valence-electron chi connectivity index (χ1n) is 10.1. The second-order valence-corrected chi connectivity index (χ2v) is 21.7. The SMILES string of the molecule is CC(C)(C)C1=CC[C-]=C1[Si](C)(C)C.CC(C)(C)C1=CC[C-]=C1[Si](C)(C)C.[Cl-].[Cl-].[Zr+4]. The van der Waals surface area contributed by atoms with E-state index in [4.69, 9.17) is 0 Å². The van der Waals surface area contributed by atoms with Crippen molar-refractivity contribution in [1.29, 1.82) is 0 Å². The van der Waals surface area contributed by atoms with Crippen molar-refractivity contribution in [3.05, 3.63) is 45.8 Å². The molecule has 0 fully saturated rings. The third-order valence-corrected chi connectivity index (χ3v) is 8.72. The van der Waals surface area contributed by atoms with Gasteiger partial charge in [-0.3, -0.25) is 12.2 Å². The normalized spacial score (nSPS) is 16.7. The van der Waals surface area contributed by atoms with Crippen LogP contribution in [0.5, 0.6) is 0 Å². The molecule has 0 bridgehead atoms. The van der Waals surface area contributed by atoms with Crippen molar-refractivity contribution in [2.45, 2.75) is 93.7 Å². The molecule has 0 spiro atoms. The van der Waals surface area contributed by atoms with Crippen molar-refractivity contribution in [2.24, 2.45) is 10.8 Å². The molecule has 0 heterocycles. The van der Waals surface area contributed by atoms with Crippen molar-refractivity contribution in [3.63, 3.8) is 0 Å². The third kappa shape index (κ3) is 10.3. The second kappa shape index (κ2) is 12.2. The maximum atomic E-state index is 3.54. The Morgan fingerprint density at radius 2 is 0.862 bits per heavy atom. The maximum Gasteiger partial charge on any atom is 4.00 e. The van der Waals surface area contributed by atoms with Crippen LogP contribution in [0.1, 0.15) is 54.4 Å². The van der Waals surface area contributed by atoms with Crippen LogP contribution < -0.4 is 24.8 Å². The van der Waals surface area contributed by atoms with E-state index in [1.807, 2.05) is 0 Å². The van der Waals surface area contributed by atoms with Crippen LogP contribution >= 0.6 is 0 Å². The second-order valence-electron chi connectivity index (χ2n) is 11.7. The Hall–Kier alpha value is 0.857. The standard InChI is InChI=1S/2C12H21Si.2ClH.Zr/c2*1-12(2,3)10-8-7-9-11(10)13(4,5)6;;;/h2*8H,7H2,1-6H3;2*1H;/q2*-1;;;+4/p-2. The summed E-state index contributed by atoms with van der Waals surface area (Å²) < 4.78 is 0. The molecule has 0 aromatic heterocycles. The van der Waals surface area contributed by atoms with Crippen molar-refractivity contribution in [1.82, 2.24) is 0 Å². The van der Waals surface area contributed by atoms with Gasteiger partial charge < -0.3 is 24.8 Å². The number of rotatable bonds is 2. The molecule has 2 aliphatic rings. The van der Waals surface area contributed by atoms with E-state index in [1.54, 1.807) is 21.5 Å². The summed E-state index contributed by atoms with van der Waals surface area (Å²) in [7, 11) is -2.32. The Morgan fingerprint density at radius 1 is 0.621 bits per heavy atom. The molecule has 29 heavy (non-hydrogen) atoms. The Kier molecular flexibility index (Phi) is 14.5. The molecule has 0 aromatic carbocycles. The van der Waals surface area contributed by atoms with E-state index in [1.165, 1.54) is 0 Å². The van der Waals surface area contributed by atoms with Crippen LogP contribution in [0, 0.1) is 23.0 Å². The van der Waals surface area contributed by atoms with Crippen LogP contribution in [0.15, 0.2) is 33.7 Å². The van der Waals surface area contributed by atoms with Crippen molar-refractivity contribution in [3.8, 4) is 0 Å². The summed E-state index contributed by atoms with van der Waals surface area (Å²) in [5.41, 5.74) is 3.71. The van der Waals surface area contributed by atoms with Gasteiger partial charge >= 0.3 is 26.2 Å². The number of halogens is 2. The Labute approximate surface area is 216 Å². The maximum absolute atomic E-state index is 3.54. The van der Waals surface area contributed by atoms with Gasteiger partial charge in [0.05, 0.1) is 0 Å². The van der Waals surface area contributed by atoms with E-state index < -0.39 is 16.1 Å². The number of allylic oxidation sites excluding steroid dienone is 8. The molecule has 2 aliphatic carbocycles. The molecule has 0 aromatic rings. The first-order chi connectivity index (χ1) is 11.5. The quantitative estimate of drug-likeness (QED) is 0.366. The minimum Gasteiger partial charge on any atom is -1.00 e. The first-order valence-corrected chi connectivity index (χ1v) is 17.1. The predicted molar refractivity (Wildman–Crippen MR) is 125 cm³/mol. The molecule has 164 valence electrons. The van der Waals surface area contributed by atoms with E-state index in [0.29, 0.717) is 10.8 Å². The molecule has 0 N–H and O–H groups in total. The van der Waals surface area contributed by atoms with Gasteiger partial charge in [-0.2, -0.15) is 23.3 Å². The smallest absolute Gasteiger partial charge is 1.00 e. The van der Waals surface area contributed by atoms with Gasteiger partial charge in [0.1, 0.15) is 0 Å². The fourth-order valence-electron chi connectivity index (χ4n) is 3.61. The van der Waals surface area contributed by atoms with Crippen LogP contribution in [0.25, 0.3) is 0 Å². The number of hydrogen-bond donors (Lipinski definition) is 0. The molecule has 0 nitrogen and oxygen atoms in total. The van der Waals surface area contributed by atoms with Crippen LogP contribution in [-0.2, 0) is 26.2 Å². The van der Waals surface area contributed by atoms with Gasteiger partial charge in [-0.15, -0.1) is 12.8 Å². The molecule has 0 atom stereocenters. The Bertz CT molecular complexity index is 530. The van der Waals surface area contributed by atoms with Gasteiger partial charge in [-0.05, 0) is 0 Å². The number of hydrogen-bond acceptors (Lipinski definition) is 0. The molecule has 0 unspecified atom stereocenters. The minimum atomic E-state index is -1.16. The Morgan fingerprint density at radius 3 is 1.00 bits per heavy atom. The molecule has 0 saturated heterocycles. The fourth-order valence-corrected chi connectivity index (χ4v) is 7.44. The summed E-state index contributed by atoms with van der Waals surface area (Å²) in [6, 6.07) is 0. The molecule has 5 heteroatoms. The van der Waals surface area contributed by atoms with Gasteiger partial charge in [-0.1, -0.05) is 91.7 Å². The van der Waals surface area contributed by atoms with Crippen LogP contribution in [0.3, 0.4) is 0 Å². The monoisotopic (exact) mass is 546 g/mol. The summed E-state index contributed by atoms with van der Waals surface area (Å²) in [5, 5.41) is 3.11. The summed E-state index contributed by atoms with van der Waals surface area (Å²) in [6.45, 7) is 28.2. The Balaban J connectivity index is -0.000000422. The van der Waals surface area contributed by atoms with Crippen molar-refractivity contribution in [2.75, 3.05) is 0 Å². The molecule has 0 radical (unpaired) electrons.